The third kappa shape index (κ3) is 6.64. The Hall–Kier alpha value is -1.05. The predicted molar refractivity (Wildman–Crippen MR) is 107 cm³/mol. The van der Waals surface area contributed by atoms with E-state index in [0.717, 1.165) is 30.6 Å². The van der Waals surface area contributed by atoms with Crippen LogP contribution in [0.5, 0.6) is 0 Å². The lowest BCUT2D eigenvalue weighted by Crippen LogP contribution is -2.38. The SMILES string of the molecule is C=CC(=O)N(C)C1CCC(/C=C/C2CCC(CCCCC)CC2)CC1. The van der Waals surface area contributed by atoms with E-state index < -0.39 is 0 Å². The van der Waals surface area contributed by atoms with E-state index >= 15 is 0 Å². The summed E-state index contributed by atoms with van der Waals surface area (Å²) >= 11 is 0. The van der Waals surface area contributed by atoms with E-state index in [2.05, 4.69) is 25.7 Å². The van der Waals surface area contributed by atoms with Crippen molar-refractivity contribution in [2.45, 2.75) is 90.0 Å². The molecule has 0 aromatic carbocycles. The maximum absolute atomic E-state index is 11.7. The molecule has 142 valence electrons. The number of carbonyl (C=O) groups excluding carboxylic acids is 1. The molecule has 2 rings (SSSR count). The van der Waals surface area contributed by atoms with Crippen molar-refractivity contribution in [2.24, 2.45) is 17.8 Å². The van der Waals surface area contributed by atoms with E-state index in [1.807, 2.05) is 11.9 Å². The molecule has 0 radical (unpaired) electrons. The van der Waals surface area contributed by atoms with Gasteiger partial charge in [0.05, 0.1) is 0 Å². The predicted octanol–water partition coefficient (Wildman–Crippen LogP) is 6.13. The first-order valence-electron chi connectivity index (χ1n) is 10.7. The van der Waals surface area contributed by atoms with E-state index in [1.54, 1.807) is 0 Å². The summed E-state index contributed by atoms with van der Waals surface area (Å²) < 4.78 is 0. The lowest BCUT2D eigenvalue weighted by Gasteiger charge is -2.33. The number of unbranched alkanes of at least 4 members (excludes halogenated alkanes) is 2. The number of hydrogen-bond acceptors (Lipinski definition) is 1. The van der Waals surface area contributed by atoms with Gasteiger partial charge in [0.25, 0.3) is 0 Å². The minimum absolute atomic E-state index is 0.0645. The smallest absolute Gasteiger partial charge is 0.245 e. The van der Waals surface area contributed by atoms with E-state index in [1.165, 1.54) is 70.3 Å². The van der Waals surface area contributed by atoms with Gasteiger partial charge < -0.3 is 4.90 Å². The van der Waals surface area contributed by atoms with Crippen LogP contribution in [0.15, 0.2) is 24.8 Å². The second-order valence-corrected chi connectivity index (χ2v) is 8.38. The highest BCUT2D eigenvalue weighted by molar-refractivity contribution is 5.87. The van der Waals surface area contributed by atoms with Gasteiger partial charge in [-0.2, -0.15) is 0 Å². The molecule has 0 spiro atoms. The standard InChI is InChI=1S/C23H39NO/c1-4-6-7-8-19-9-11-20(12-10-19)13-14-21-15-17-22(18-16-21)24(3)23(25)5-2/h5,13-14,19-22H,2,4,6-12,15-18H2,1,3H3/b14-13+. The third-order valence-electron chi connectivity index (χ3n) is 6.57. The zero-order valence-electron chi connectivity index (χ0n) is 16.6. The Morgan fingerprint density at radius 1 is 0.960 bits per heavy atom. The molecule has 0 atom stereocenters. The van der Waals surface area contributed by atoms with E-state index in [4.69, 9.17) is 0 Å². The van der Waals surface area contributed by atoms with Crippen LogP contribution in [0, 0.1) is 17.8 Å². The summed E-state index contributed by atoms with van der Waals surface area (Å²) in [6, 6.07) is 0.411. The van der Waals surface area contributed by atoms with Crippen LogP contribution in [-0.2, 0) is 4.79 Å². The van der Waals surface area contributed by atoms with Crippen LogP contribution in [0.25, 0.3) is 0 Å². The van der Waals surface area contributed by atoms with Crippen molar-refractivity contribution in [3.63, 3.8) is 0 Å². The molecule has 0 bridgehead atoms. The van der Waals surface area contributed by atoms with Crippen LogP contribution in [0.4, 0.5) is 0 Å². The van der Waals surface area contributed by atoms with Gasteiger partial charge in [0.15, 0.2) is 0 Å². The maximum Gasteiger partial charge on any atom is 0.245 e. The molecule has 2 saturated carbocycles. The third-order valence-corrected chi connectivity index (χ3v) is 6.57. The molecule has 0 aliphatic heterocycles. The first-order valence-corrected chi connectivity index (χ1v) is 10.7. The molecule has 2 nitrogen and oxygen atoms in total. The number of hydrogen-bond donors (Lipinski definition) is 0. The van der Waals surface area contributed by atoms with Crippen molar-refractivity contribution in [1.82, 2.24) is 4.90 Å². The Balaban J connectivity index is 1.65. The van der Waals surface area contributed by atoms with Crippen molar-refractivity contribution in [1.29, 1.82) is 0 Å². The van der Waals surface area contributed by atoms with Crippen LogP contribution in [-0.4, -0.2) is 23.9 Å². The number of likely N-dealkylation sites (N-methyl/N-ethyl adjacent to an activating group) is 1. The molecule has 0 heterocycles. The molecule has 2 aliphatic carbocycles. The van der Waals surface area contributed by atoms with Gasteiger partial charge in [0.2, 0.25) is 5.91 Å². The van der Waals surface area contributed by atoms with Crippen molar-refractivity contribution >= 4 is 5.91 Å². The van der Waals surface area contributed by atoms with Gasteiger partial charge in [-0.05, 0) is 75.2 Å². The highest BCUT2D eigenvalue weighted by Crippen LogP contribution is 2.34. The van der Waals surface area contributed by atoms with E-state index in [0.29, 0.717) is 6.04 Å². The molecule has 0 N–H and O–H groups in total. The van der Waals surface area contributed by atoms with Crippen LogP contribution in [0.1, 0.15) is 84.0 Å². The molecule has 1 amide bonds. The molecule has 0 unspecified atom stereocenters. The van der Waals surface area contributed by atoms with Gasteiger partial charge >= 0.3 is 0 Å². The molecule has 0 aromatic heterocycles. The normalized spacial score (nSPS) is 30.3. The first-order chi connectivity index (χ1) is 12.1. The molecule has 2 aliphatic rings. The molecule has 0 saturated heterocycles. The van der Waals surface area contributed by atoms with Crippen molar-refractivity contribution in [2.75, 3.05) is 7.05 Å². The lowest BCUT2D eigenvalue weighted by atomic mass is 9.78. The Bertz CT molecular complexity index is 425. The Morgan fingerprint density at radius 3 is 2.04 bits per heavy atom. The summed E-state index contributed by atoms with van der Waals surface area (Å²) in [5.41, 5.74) is 0. The fraction of sp³-hybridized carbons (Fsp3) is 0.783. The summed E-state index contributed by atoms with van der Waals surface area (Å²) in [6.07, 6.45) is 22.5. The number of carbonyl (C=O) groups is 1. The second kappa shape index (κ2) is 10.8. The number of rotatable bonds is 8. The highest BCUT2D eigenvalue weighted by atomic mass is 16.2. The zero-order chi connectivity index (χ0) is 18.1. The Labute approximate surface area is 155 Å². The summed E-state index contributed by atoms with van der Waals surface area (Å²) in [7, 11) is 1.92. The highest BCUT2D eigenvalue weighted by Gasteiger charge is 2.25. The minimum atomic E-state index is 0.0645. The van der Waals surface area contributed by atoms with Gasteiger partial charge in [0.1, 0.15) is 0 Å². The fourth-order valence-electron chi connectivity index (χ4n) is 4.67. The molecule has 0 aromatic rings. The Morgan fingerprint density at radius 2 is 1.52 bits per heavy atom. The van der Waals surface area contributed by atoms with E-state index in [-0.39, 0.29) is 5.91 Å². The maximum atomic E-state index is 11.7. The average Bonchev–Trinajstić information content (AvgIpc) is 2.66. The molecule has 2 heteroatoms. The van der Waals surface area contributed by atoms with Crippen LogP contribution >= 0.6 is 0 Å². The van der Waals surface area contributed by atoms with Gasteiger partial charge in [-0.15, -0.1) is 0 Å². The number of nitrogens with zero attached hydrogens (tertiary/aromatic N) is 1. The summed E-state index contributed by atoms with van der Waals surface area (Å²) in [6.45, 7) is 5.89. The van der Waals surface area contributed by atoms with E-state index in [9.17, 15) is 4.79 Å². The summed E-state index contributed by atoms with van der Waals surface area (Å²) in [5.74, 6) is 2.62. The molecular formula is C23H39NO. The van der Waals surface area contributed by atoms with Crippen molar-refractivity contribution in [3.8, 4) is 0 Å². The van der Waals surface area contributed by atoms with Crippen LogP contribution in [0.3, 0.4) is 0 Å². The summed E-state index contributed by atoms with van der Waals surface area (Å²) in [4.78, 5) is 13.6. The summed E-state index contributed by atoms with van der Waals surface area (Å²) in [5, 5.41) is 0. The lowest BCUT2D eigenvalue weighted by molar-refractivity contribution is -0.127. The van der Waals surface area contributed by atoms with Crippen LogP contribution < -0.4 is 0 Å². The number of amides is 1. The molecule has 2 fully saturated rings. The van der Waals surface area contributed by atoms with Crippen molar-refractivity contribution in [3.05, 3.63) is 24.8 Å². The monoisotopic (exact) mass is 345 g/mol. The zero-order valence-corrected chi connectivity index (χ0v) is 16.6. The topological polar surface area (TPSA) is 20.3 Å². The number of allylic oxidation sites excluding steroid dienone is 2. The Kier molecular flexibility index (Phi) is 8.78. The minimum Gasteiger partial charge on any atom is -0.339 e. The molecule has 25 heavy (non-hydrogen) atoms. The molecular weight excluding hydrogens is 306 g/mol. The van der Waals surface area contributed by atoms with Gasteiger partial charge in [0, 0.05) is 13.1 Å². The van der Waals surface area contributed by atoms with Gasteiger partial charge in [-0.3, -0.25) is 4.79 Å². The average molecular weight is 346 g/mol. The first kappa shape index (κ1) is 20.3. The quantitative estimate of drug-likeness (QED) is 0.294. The van der Waals surface area contributed by atoms with Gasteiger partial charge in [-0.1, -0.05) is 51.3 Å². The fourth-order valence-corrected chi connectivity index (χ4v) is 4.67. The van der Waals surface area contributed by atoms with Gasteiger partial charge in [-0.25, -0.2) is 0 Å². The largest absolute Gasteiger partial charge is 0.339 e. The van der Waals surface area contributed by atoms with Crippen molar-refractivity contribution < 1.29 is 4.79 Å². The van der Waals surface area contributed by atoms with Crippen LogP contribution in [0.2, 0.25) is 0 Å². The second-order valence-electron chi connectivity index (χ2n) is 8.38.